The van der Waals surface area contributed by atoms with Gasteiger partial charge in [-0.1, -0.05) is 13.8 Å². The Hall–Kier alpha value is -2.61. The lowest BCUT2D eigenvalue weighted by Gasteiger charge is -2.16. The third kappa shape index (κ3) is 2.69. The molecule has 1 aromatic carbocycles. The Kier molecular flexibility index (Phi) is 4.15. The zero-order valence-electron chi connectivity index (χ0n) is 14.2. The summed E-state index contributed by atoms with van der Waals surface area (Å²) in [5, 5.41) is 33.8. The molecule has 0 bridgehead atoms. The van der Waals surface area contributed by atoms with E-state index in [0.717, 1.165) is 11.1 Å². The highest BCUT2D eigenvalue weighted by Gasteiger charge is 2.30. The van der Waals surface area contributed by atoms with Gasteiger partial charge in [-0.3, -0.25) is 0 Å². The van der Waals surface area contributed by atoms with Gasteiger partial charge in [0, 0.05) is 19.7 Å². The fraction of sp³-hybridized carbons (Fsp3) is 0.438. The van der Waals surface area contributed by atoms with Crippen molar-refractivity contribution in [2.75, 3.05) is 13.1 Å². The maximum atomic E-state index is 10.4. The van der Waals surface area contributed by atoms with Gasteiger partial charge in [0.15, 0.2) is 11.6 Å². The zero-order valence-corrected chi connectivity index (χ0v) is 14.2. The van der Waals surface area contributed by atoms with Crippen molar-refractivity contribution in [3.63, 3.8) is 0 Å². The third-order valence-electron chi connectivity index (χ3n) is 4.08. The minimum atomic E-state index is -0.0440. The normalized spacial score (nSPS) is 15.4. The Balaban J connectivity index is 2.17. The molecule has 1 aliphatic rings. The van der Waals surface area contributed by atoms with Crippen molar-refractivity contribution in [2.24, 2.45) is 7.05 Å². The van der Waals surface area contributed by atoms with Crippen LogP contribution in [0.5, 0.6) is 11.5 Å². The first kappa shape index (κ1) is 16.3. The van der Waals surface area contributed by atoms with E-state index >= 15 is 0 Å². The smallest absolute Gasteiger partial charge is 0.182 e. The summed E-state index contributed by atoms with van der Waals surface area (Å²) in [6.07, 6.45) is 0. The summed E-state index contributed by atoms with van der Waals surface area (Å²) in [6, 6.07) is 3.11. The Bertz CT molecular complexity index is 797. The lowest BCUT2D eigenvalue weighted by atomic mass is 9.97. The molecule has 0 unspecified atom stereocenters. The number of aryl methyl sites for hydroxylation is 1. The molecule has 24 heavy (non-hydrogen) atoms. The van der Waals surface area contributed by atoms with E-state index in [0.29, 0.717) is 30.2 Å². The van der Waals surface area contributed by atoms with Gasteiger partial charge in [-0.15, -0.1) is 10.2 Å². The number of phenols is 2. The molecule has 0 radical (unpaired) electrons. The predicted octanol–water partition coefficient (Wildman–Crippen LogP) is 1.88. The van der Waals surface area contributed by atoms with Crippen molar-refractivity contribution < 1.29 is 15.1 Å². The summed E-state index contributed by atoms with van der Waals surface area (Å²) in [6.45, 7) is 7.12. The number of nitrogens with zero attached hydrogens (tertiary/aromatic N) is 5. The largest absolute Gasteiger partial charge is 0.508 e. The van der Waals surface area contributed by atoms with Crippen molar-refractivity contribution >= 4 is 11.3 Å². The quantitative estimate of drug-likeness (QED) is 0.883. The van der Waals surface area contributed by atoms with E-state index < -0.39 is 0 Å². The molecule has 0 atom stereocenters. The summed E-state index contributed by atoms with van der Waals surface area (Å²) in [5.74, 6) is 1.22. The maximum absolute atomic E-state index is 10.4. The fourth-order valence-electron chi connectivity index (χ4n) is 2.75. The van der Waals surface area contributed by atoms with Crippen LogP contribution in [0.2, 0.25) is 0 Å². The fourth-order valence-corrected chi connectivity index (χ4v) is 2.75. The first-order valence-electron chi connectivity index (χ1n) is 7.87. The maximum Gasteiger partial charge on any atom is 0.182 e. The molecule has 0 aliphatic carbocycles. The molecule has 3 rings (SSSR count). The number of hydrogen-bond donors (Lipinski definition) is 2. The van der Waals surface area contributed by atoms with Crippen LogP contribution in [0, 0.1) is 0 Å². The first-order valence-corrected chi connectivity index (χ1v) is 7.87. The van der Waals surface area contributed by atoms with Gasteiger partial charge in [0.05, 0.1) is 17.7 Å². The second kappa shape index (κ2) is 6.12. The minimum absolute atomic E-state index is 0.0440. The van der Waals surface area contributed by atoms with Crippen molar-refractivity contribution in [1.82, 2.24) is 25.3 Å². The lowest BCUT2D eigenvalue weighted by molar-refractivity contribution is -0.0556. The highest BCUT2D eigenvalue weighted by Crippen LogP contribution is 2.41. The molecule has 0 spiro atoms. The summed E-state index contributed by atoms with van der Waals surface area (Å²) >= 11 is 0. The molecule has 1 aromatic heterocycles. The third-order valence-corrected chi connectivity index (χ3v) is 4.08. The van der Waals surface area contributed by atoms with Crippen LogP contribution in [0.3, 0.4) is 0 Å². The monoisotopic (exact) mass is 331 g/mol. The minimum Gasteiger partial charge on any atom is -0.508 e. The topological polar surface area (TPSA) is 96.5 Å². The number of hydrogen-bond acceptors (Lipinski definition) is 7. The first-order chi connectivity index (χ1) is 11.4. The van der Waals surface area contributed by atoms with Crippen LogP contribution in [0.25, 0.3) is 11.3 Å². The molecule has 0 saturated carbocycles. The average Bonchev–Trinajstić information content (AvgIpc) is 3.12. The van der Waals surface area contributed by atoms with Crippen molar-refractivity contribution in [2.45, 2.75) is 26.7 Å². The number of aromatic hydroxyl groups is 2. The zero-order chi connectivity index (χ0) is 17.4. The molecule has 2 aromatic rings. The molecule has 2 heterocycles. The summed E-state index contributed by atoms with van der Waals surface area (Å²) in [7, 11) is 1.75. The number of phenolic OH excluding ortho intramolecular Hbond substituents is 2. The lowest BCUT2D eigenvalue weighted by Crippen LogP contribution is -2.19. The second-order valence-electron chi connectivity index (χ2n) is 6.06. The van der Waals surface area contributed by atoms with E-state index in [4.69, 9.17) is 4.84 Å². The van der Waals surface area contributed by atoms with Gasteiger partial charge < -0.3 is 15.1 Å². The second-order valence-corrected chi connectivity index (χ2v) is 6.06. The van der Waals surface area contributed by atoms with Gasteiger partial charge in [0.2, 0.25) is 0 Å². The molecule has 1 aliphatic heterocycles. The highest BCUT2D eigenvalue weighted by atomic mass is 16.7. The summed E-state index contributed by atoms with van der Waals surface area (Å²) in [5.41, 5.74) is 2.05. The number of benzene rings is 1. The number of tetrazole rings is 1. The van der Waals surface area contributed by atoms with Crippen LogP contribution in [0.1, 0.15) is 43.6 Å². The number of likely N-dealkylation sites (N-methyl/N-ethyl adjacent to an activating group) is 1. The Morgan fingerprint density at radius 3 is 2.58 bits per heavy atom. The van der Waals surface area contributed by atoms with Gasteiger partial charge in [-0.2, -0.15) is 0 Å². The Morgan fingerprint density at radius 2 is 2.00 bits per heavy atom. The van der Waals surface area contributed by atoms with Gasteiger partial charge in [0.1, 0.15) is 11.5 Å². The predicted molar refractivity (Wildman–Crippen MR) is 87.8 cm³/mol. The average molecular weight is 331 g/mol. The molecule has 8 heteroatoms. The van der Waals surface area contributed by atoms with Gasteiger partial charge in [-0.05, 0) is 34.9 Å². The van der Waals surface area contributed by atoms with E-state index in [-0.39, 0.29) is 17.4 Å². The van der Waals surface area contributed by atoms with E-state index in [1.807, 2.05) is 20.8 Å². The van der Waals surface area contributed by atoms with Crippen LogP contribution in [0.4, 0.5) is 0 Å². The van der Waals surface area contributed by atoms with E-state index in [1.54, 1.807) is 22.9 Å². The van der Waals surface area contributed by atoms with Crippen molar-refractivity contribution in [3.8, 4) is 11.5 Å². The number of hydroxylamine groups is 2. The highest BCUT2D eigenvalue weighted by molar-refractivity contribution is 5.89. The van der Waals surface area contributed by atoms with Crippen LogP contribution in [-0.4, -0.2) is 48.6 Å². The molecule has 8 nitrogen and oxygen atoms in total. The summed E-state index contributed by atoms with van der Waals surface area (Å²) < 4.78 is 1.57. The van der Waals surface area contributed by atoms with E-state index in [2.05, 4.69) is 15.5 Å². The van der Waals surface area contributed by atoms with Crippen LogP contribution < -0.4 is 0 Å². The van der Waals surface area contributed by atoms with Gasteiger partial charge in [-0.25, -0.2) is 4.68 Å². The van der Waals surface area contributed by atoms with Crippen LogP contribution in [-0.2, 0) is 11.9 Å². The standard InChI is InChI=1S/C16H21N5O3/c1-5-21-8-12(16-17-18-19-20(16)4)15(24-21)11-6-10(9(2)3)13(22)7-14(11)23/h6-7,9,22-23H,5,8H2,1-4H3. The molecule has 2 N–H and O–H groups in total. The number of aromatic nitrogens is 4. The Labute approximate surface area is 139 Å². The van der Waals surface area contributed by atoms with Crippen molar-refractivity contribution in [3.05, 3.63) is 29.1 Å². The molecule has 128 valence electrons. The SMILES string of the molecule is CCN1CC(c2nnnn2C)=C(c2cc(C(C)C)c(O)cc2O)O1. The van der Waals surface area contributed by atoms with Crippen LogP contribution in [0.15, 0.2) is 12.1 Å². The van der Waals surface area contributed by atoms with E-state index in [9.17, 15) is 10.2 Å². The van der Waals surface area contributed by atoms with Gasteiger partial charge >= 0.3 is 0 Å². The molecular formula is C16H21N5O3. The molecule has 0 saturated heterocycles. The van der Waals surface area contributed by atoms with Crippen LogP contribution >= 0.6 is 0 Å². The molecule has 0 fully saturated rings. The summed E-state index contributed by atoms with van der Waals surface area (Å²) in [4.78, 5) is 5.91. The number of rotatable bonds is 4. The van der Waals surface area contributed by atoms with Crippen molar-refractivity contribution in [1.29, 1.82) is 0 Å². The van der Waals surface area contributed by atoms with Gasteiger partial charge in [0.25, 0.3) is 0 Å². The Morgan fingerprint density at radius 1 is 1.25 bits per heavy atom. The van der Waals surface area contributed by atoms with E-state index in [1.165, 1.54) is 6.07 Å². The molecular weight excluding hydrogens is 310 g/mol. The molecule has 0 amide bonds.